The average molecular weight is 446 g/mol. The van der Waals surface area contributed by atoms with Crippen LogP contribution < -0.4 is 4.72 Å². The first-order valence-corrected chi connectivity index (χ1v) is 10.1. The van der Waals surface area contributed by atoms with Gasteiger partial charge in [-0.05, 0) is 47.0 Å². The number of benzene rings is 1. The van der Waals surface area contributed by atoms with Gasteiger partial charge in [-0.1, -0.05) is 46.8 Å². The van der Waals surface area contributed by atoms with Crippen LogP contribution in [0.4, 0.5) is 0 Å². The van der Waals surface area contributed by atoms with E-state index in [0.29, 0.717) is 9.50 Å². The fourth-order valence-corrected chi connectivity index (χ4v) is 5.19. The first kappa shape index (κ1) is 16.7. The van der Waals surface area contributed by atoms with Gasteiger partial charge in [0.15, 0.2) is 0 Å². The highest BCUT2D eigenvalue weighted by Crippen LogP contribution is 2.28. The molecule has 0 saturated heterocycles. The molecule has 0 bridgehead atoms. The highest BCUT2D eigenvalue weighted by Gasteiger charge is 2.27. The quantitative estimate of drug-likeness (QED) is 0.551. The summed E-state index contributed by atoms with van der Waals surface area (Å²) in [5.41, 5.74) is 0. The Morgan fingerprint density at radius 1 is 1.20 bits per heavy atom. The van der Waals surface area contributed by atoms with Crippen LogP contribution in [0.3, 0.4) is 0 Å². The Balaban J connectivity index is 2.19. The molecule has 7 heteroatoms. The number of alkyl halides is 1. The molecule has 2 rings (SSSR count). The number of sulfonamides is 1. The first-order valence-electron chi connectivity index (χ1n) is 6.51. The lowest BCUT2D eigenvalue weighted by molar-refractivity contribution is 0.521. The minimum Gasteiger partial charge on any atom is -0.207 e. The molecule has 1 aliphatic rings. The molecule has 20 heavy (non-hydrogen) atoms. The molecule has 0 amide bonds. The molecule has 2 atom stereocenters. The number of nitrogens with one attached hydrogen (secondary N) is 1. The molecule has 0 heterocycles. The summed E-state index contributed by atoms with van der Waals surface area (Å²) in [6, 6.07) is 4.58. The third-order valence-electron chi connectivity index (χ3n) is 3.44. The van der Waals surface area contributed by atoms with Gasteiger partial charge >= 0.3 is 0 Å². The molecule has 0 radical (unpaired) electrons. The molecule has 1 saturated carbocycles. The van der Waals surface area contributed by atoms with Crippen LogP contribution >= 0.6 is 43.5 Å². The van der Waals surface area contributed by atoms with Crippen molar-refractivity contribution in [3.63, 3.8) is 0 Å². The lowest BCUT2D eigenvalue weighted by atomic mass is 10.1. The molecule has 1 aromatic carbocycles. The Bertz CT molecular complexity index is 580. The monoisotopic (exact) mass is 443 g/mol. The van der Waals surface area contributed by atoms with Crippen molar-refractivity contribution in [2.45, 2.75) is 47.9 Å². The Kier molecular flexibility index (Phi) is 5.94. The SMILES string of the molecule is O=S(=O)(NC1CCCCCC1Br)c1ccc(Cl)c(Br)c1. The number of rotatable bonds is 3. The Labute approximate surface area is 141 Å². The van der Waals surface area contributed by atoms with E-state index in [4.69, 9.17) is 11.6 Å². The molecule has 1 N–H and O–H groups in total. The Hall–Kier alpha value is 0.380. The second-order valence-electron chi connectivity index (χ2n) is 4.96. The Morgan fingerprint density at radius 2 is 1.90 bits per heavy atom. The maximum atomic E-state index is 12.4. The van der Waals surface area contributed by atoms with Crippen molar-refractivity contribution in [1.29, 1.82) is 0 Å². The van der Waals surface area contributed by atoms with Crippen LogP contribution in [0.2, 0.25) is 5.02 Å². The van der Waals surface area contributed by atoms with Gasteiger partial charge in [-0.3, -0.25) is 0 Å². The van der Waals surface area contributed by atoms with Crippen molar-refractivity contribution in [2.75, 3.05) is 0 Å². The van der Waals surface area contributed by atoms with Crippen LogP contribution in [0.5, 0.6) is 0 Å². The fraction of sp³-hybridized carbons (Fsp3) is 0.538. The third-order valence-corrected chi connectivity index (χ3v) is 7.24. The van der Waals surface area contributed by atoms with Gasteiger partial charge in [0.25, 0.3) is 0 Å². The van der Waals surface area contributed by atoms with E-state index in [9.17, 15) is 8.42 Å². The zero-order chi connectivity index (χ0) is 14.8. The number of halogens is 3. The van der Waals surface area contributed by atoms with E-state index in [1.165, 1.54) is 12.1 Å². The van der Waals surface area contributed by atoms with E-state index in [0.717, 1.165) is 32.1 Å². The largest absolute Gasteiger partial charge is 0.240 e. The van der Waals surface area contributed by atoms with Gasteiger partial charge in [-0.15, -0.1) is 0 Å². The van der Waals surface area contributed by atoms with Gasteiger partial charge < -0.3 is 0 Å². The number of hydrogen-bond donors (Lipinski definition) is 1. The average Bonchev–Trinajstić information content (AvgIpc) is 2.58. The van der Waals surface area contributed by atoms with E-state index in [1.54, 1.807) is 6.07 Å². The van der Waals surface area contributed by atoms with Crippen molar-refractivity contribution in [3.8, 4) is 0 Å². The summed E-state index contributed by atoms with van der Waals surface area (Å²) < 4.78 is 28.2. The molecule has 0 aromatic heterocycles. The zero-order valence-corrected chi connectivity index (χ0v) is 15.5. The third kappa shape index (κ3) is 4.19. The highest BCUT2D eigenvalue weighted by molar-refractivity contribution is 9.10. The van der Waals surface area contributed by atoms with Gasteiger partial charge in [0, 0.05) is 15.3 Å². The lowest BCUT2D eigenvalue weighted by Crippen LogP contribution is -2.40. The molecule has 1 aromatic rings. The van der Waals surface area contributed by atoms with Gasteiger partial charge in [0.1, 0.15) is 0 Å². The second-order valence-corrected chi connectivity index (χ2v) is 9.11. The van der Waals surface area contributed by atoms with Gasteiger partial charge in [-0.2, -0.15) is 0 Å². The summed E-state index contributed by atoms with van der Waals surface area (Å²) in [7, 11) is -3.52. The lowest BCUT2D eigenvalue weighted by Gasteiger charge is -2.21. The van der Waals surface area contributed by atoms with Crippen LogP contribution in [-0.2, 0) is 10.0 Å². The Morgan fingerprint density at radius 3 is 2.60 bits per heavy atom. The topological polar surface area (TPSA) is 46.2 Å². The molecule has 0 spiro atoms. The normalized spacial score (nSPS) is 24.4. The minimum atomic E-state index is -3.52. The predicted octanol–water partition coefficient (Wildman–Crippen LogP) is 4.48. The van der Waals surface area contributed by atoms with E-state index >= 15 is 0 Å². The van der Waals surface area contributed by atoms with Crippen LogP contribution in [0.15, 0.2) is 27.6 Å². The zero-order valence-electron chi connectivity index (χ0n) is 10.8. The second kappa shape index (κ2) is 7.09. The molecule has 1 aliphatic carbocycles. The predicted molar refractivity (Wildman–Crippen MR) is 89.1 cm³/mol. The van der Waals surface area contributed by atoms with E-state index in [1.807, 2.05) is 0 Å². The van der Waals surface area contributed by atoms with E-state index in [-0.39, 0.29) is 15.8 Å². The van der Waals surface area contributed by atoms with Crippen molar-refractivity contribution >= 4 is 53.5 Å². The highest BCUT2D eigenvalue weighted by atomic mass is 79.9. The molecule has 112 valence electrons. The van der Waals surface area contributed by atoms with Crippen molar-refractivity contribution < 1.29 is 8.42 Å². The summed E-state index contributed by atoms with van der Waals surface area (Å²) in [6.45, 7) is 0. The van der Waals surface area contributed by atoms with Crippen LogP contribution in [0.25, 0.3) is 0 Å². The summed E-state index contributed by atoms with van der Waals surface area (Å²) in [4.78, 5) is 0.424. The molecule has 3 nitrogen and oxygen atoms in total. The number of hydrogen-bond acceptors (Lipinski definition) is 2. The van der Waals surface area contributed by atoms with E-state index < -0.39 is 10.0 Å². The smallest absolute Gasteiger partial charge is 0.207 e. The fourth-order valence-electron chi connectivity index (χ4n) is 2.31. The van der Waals surface area contributed by atoms with Crippen molar-refractivity contribution in [1.82, 2.24) is 4.72 Å². The summed E-state index contributed by atoms with van der Waals surface area (Å²) in [5, 5.41) is 0.497. The van der Waals surface area contributed by atoms with Crippen molar-refractivity contribution in [2.24, 2.45) is 0 Å². The molecule has 1 fully saturated rings. The summed E-state index contributed by atoms with van der Waals surface area (Å²) in [6.07, 6.45) is 5.22. The molecule has 2 unspecified atom stereocenters. The minimum absolute atomic E-state index is 0.0584. The maximum absolute atomic E-state index is 12.4. The molecule has 0 aliphatic heterocycles. The molecular formula is C13H16Br2ClNO2S. The first-order chi connectivity index (χ1) is 9.40. The van der Waals surface area contributed by atoms with Crippen molar-refractivity contribution in [3.05, 3.63) is 27.7 Å². The van der Waals surface area contributed by atoms with Crippen LogP contribution in [-0.4, -0.2) is 19.3 Å². The van der Waals surface area contributed by atoms with Crippen LogP contribution in [0.1, 0.15) is 32.1 Å². The van der Waals surface area contributed by atoms with Crippen LogP contribution in [0, 0.1) is 0 Å². The maximum Gasteiger partial charge on any atom is 0.240 e. The summed E-state index contributed by atoms with van der Waals surface area (Å²) >= 11 is 12.8. The standard InChI is InChI=1S/C13H16Br2ClNO2S/c14-10-4-2-1-3-5-13(10)17-20(18,19)9-6-7-12(16)11(15)8-9/h6-8,10,13,17H,1-5H2. The summed E-state index contributed by atoms with van der Waals surface area (Å²) in [5.74, 6) is 0. The van der Waals surface area contributed by atoms with Gasteiger partial charge in [-0.25, -0.2) is 13.1 Å². The van der Waals surface area contributed by atoms with E-state index in [2.05, 4.69) is 36.6 Å². The molecular weight excluding hydrogens is 429 g/mol. The van der Waals surface area contributed by atoms with Gasteiger partial charge in [0.2, 0.25) is 10.0 Å². The van der Waals surface area contributed by atoms with Gasteiger partial charge in [0.05, 0.1) is 9.92 Å².